The Hall–Kier alpha value is -2.11. The topological polar surface area (TPSA) is 45.8 Å². The molecule has 6 heteroatoms. The highest BCUT2D eigenvalue weighted by Gasteiger charge is 2.13. The summed E-state index contributed by atoms with van der Waals surface area (Å²) in [5, 5.41) is 0. The summed E-state index contributed by atoms with van der Waals surface area (Å²) in [7, 11) is 0. The number of hydrogen-bond donors (Lipinski definition) is 1. The molecule has 1 aromatic carbocycles. The van der Waals surface area contributed by atoms with Gasteiger partial charge < -0.3 is 4.98 Å². The number of aldehydes is 1. The SMILES string of the molecule is O=Cc1cnc(-c2cc(F)c(F)cc2F)[nH]1. The number of halogens is 3. The van der Waals surface area contributed by atoms with Crippen molar-refractivity contribution in [1.82, 2.24) is 9.97 Å². The number of nitrogens with one attached hydrogen (secondary N) is 1. The lowest BCUT2D eigenvalue weighted by molar-refractivity contribution is 0.111. The van der Waals surface area contributed by atoms with Crippen LogP contribution in [0.25, 0.3) is 11.4 Å². The molecule has 82 valence electrons. The fourth-order valence-corrected chi connectivity index (χ4v) is 1.24. The van der Waals surface area contributed by atoms with Crippen molar-refractivity contribution in [3.8, 4) is 11.4 Å². The van der Waals surface area contributed by atoms with Crippen molar-refractivity contribution in [2.75, 3.05) is 0 Å². The number of benzene rings is 1. The predicted octanol–water partition coefficient (Wildman–Crippen LogP) is 2.31. The number of carbonyl (C=O) groups excluding carboxylic acids is 1. The van der Waals surface area contributed by atoms with Gasteiger partial charge >= 0.3 is 0 Å². The number of rotatable bonds is 2. The molecule has 0 aliphatic rings. The van der Waals surface area contributed by atoms with Gasteiger partial charge in [-0.25, -0.2) is 18.2 Å². The molecule has 0 atom stereocenters. The van der Waals surface area contributed by atoms with Crippen LogP contribution in [0.5, 0.6) is 0 Å². The Morgan fingerprint density at radius 2 is 1.81 bits per heavy atom. The van der Waals surface area contributed by atoms with Gasteiger partial charge in [0, 0.05) is 6.07 Å². The maximum absolute atomic E-state index is 13.3. The molecule has 2 aromatic rings. The van der Waals surface area contributed by atoms with Gasteiger partial charge in [-0.2, -0.15) is 0 Å². The van der Waals surface area contributed by atoms with E-state index in [9.17, 15) is 18.0 Å². The smallest absolute Gasteiger partial charge is 0.167 e. The fraction of sp³-hybridized carbons (Fsp3) is 0. The van der Waals surface area contributed by atoms with Crippen LogP contribution in [-0.4, -0.2) is 16.3 Å². The third kappa shape index (κ3) is 1.69. The van der Waals surface area contributed by atoms with Crippen molar-refractivity contribution in [1.29, 1.82) is 0 Å². The molecule has 0 saturated heterocycles. The van der Waals surface area contributed by atoms with Crippen LogP contribution >= 0.6 is 0 Å². The van der Waals surface area contributed by atoms with Gasteiger partial charge in [-0.05, 0) is 6.07 Å². The average molecular weight is 226 g/mol. The zero-order valence-corrected chi connectivity index (χ0v) is 7.80. The zero-order valence-electron chi connectivity index (χ0n) is 7.80. The van der Waals surface area contributed by atoms with Crippen LogP contribution in [0.4, 0.5) is 13.2 Å². The number of carbonyl (C=O) groups is 1. The summed E-state index contributed by atoms with van der Waals surface area (Å²) in [5.41, 5.74) is -0.105. The summed E-state index contributed by atoms with van der Waals surface area (Å²) < 4.78 is 38.8. The maximum Gasteiger partial charge on any atom is 0.167 e. The number of aromatic nitrogens is 2. The van der Waals surface area contributed by atoms with Gasteiger partial charge in [0.05, 0.1) is 17.5 Å². The van der Waals surface area contributed by atoms with Crippen LogP contribution in [0.3, 0.4) is 0 Å². The molecule has 0 saturated carbocycles. The van der Waals surface area contributed by atoms with Crippen LogP contribution in [0.1, 0.15) is 10.5 Å². The summed E-state index contributed by atoms with van der Waals surface area (Å²) in [5.74, 6) is -3.44. The van der Waals surface area contributed by atoms with Gasteiger partial charge in [0.25, 0.3) is 0 Å². The molecule has 0 radical (unpaired) electrons. The molecule has 16 heavy (non-hydrogen) atoms. The number of aromatic amines is 1. The molecule has 0 amide bonds. The summed E-state index contributed by atoms with van der Waals surface area (Å²) in [6, 6.07) is 1.10. The summed E-state index contributed by atoms with van der Waals surface area (Å²) in [6.07, 6.45) is 1.65. The molecule has 3 nitrogen and oxygen atoms in total. The standard InChI is InChI=1S/C10H5F3N2O/c11-7-2-9(13)8(12)1-6(7)10-14-3-5(4-16)15-10/h1-4H,(H,14,15). The van der Waals surface area contributed by atoms with E-state index in [-0.39, 0.29) is 17.1 Å². The number of H-pyrrole nitrogens is 1. The molecule has 0 spiro atoms. The minimum absolute atomic E-state index is 0.0292. The van der Waals surface area contributed by atoms with Gasteiger partial charge in [-0.3, -0.25) is 4.79 Å². The van der Waals surface area contributed by atoms with Crippen LogP contribution in [0.2, 0.25) is 0 Å². The highest BCUT2D eigenvalue weighted by molar-refractivity contribution is 5.73. The third-order valence-electron chi connectivity index (χ3n) is 1.99. The summed E-state index contributed by atoms with van der Waals surface area (Å²) in [4.78, 5) is 16.5. The van der Waals surface area contributed by atoms with Crippen LogP contribution in [0.15, 0.2) is 18.3 Å². The van der Waals surface area contributed by atoms with E-state index in [0.717, 1.165) is 0 Å². The normalized spacial score (nSPS) is 10.4. The van der Waals surface area contributed by atoms with Gasteiger partial charge in [0.2, 0.25) is 0 Å². The van der Waals surface area contributed by atoms with Crippen molar-refractivity contribution in [3.63, 3.8) is 0 Å². The third-order valence-corrected chi connectivity index (χ3v) is 1.99. The number of imidazole rings is 1. The summed E-state index contributed by atoms with van der Waals surface area (Å²) in [6.45, 7) is 0. The van der Waals surface area contributed by atoms with Crippen LogP contribution < -0.4 is 0 Å². The minimum Gasteiger partial charge on any atom is -0.336 e. The Labute approximate surface area is 87.9 Å². The Morgan fingerprint density at radius 3 is 2.44 bits per heavy atom. The predicted molar refractivity (Wildman–Crippen MR) is 49.3 cm³/mol. The lowest BCUT2D eigenvalue weighted by Gasteiger charge is -2.00. The Kier molecular flexibility index (Phi) is 2.47. The van der Waals surface area contributed by atoms with E-state index in [1.807, 2.05) is 0 Å². The van der Waals surface area contributed by atoms with Crippen LogP contribution in [0, 0.1) is 17.5 Å². The molecule has 0 bridgehead atoms. The minimum atomic E-state index is -1.27. The van der Waals surface area contributed by atoms with E-state index in [1.54, 1.807) is 0 Å². The van der Waals surface area contributed by atoms with E-state index in [4.69, 9.17) is 0 Å². The van der Waals surface area contributed by atoms with Gasteiger partial charge in [-0.1, -0.05) is 0 Å². The molecule has 0 unspecified atom stereocenters. The molecule has 1 aromatic heterocycles. The van der Waals surface area contributed by atoms with E-state index < -0.39 is 17.5 Å². The number of hydrogen-bond acceptors (Lipinski definition) is 2. The average Bonchev–Trinajstić information content (AvgIpc) is 2.71. The van der Waals surface area contributed by atoms with E-state index in [0.29, 0.717) is 18.4 Å². The zero-order chi connectivity index (χ0) is 11.7. The van der Waals surface area contributed by atoms with Gasteiger partial charge in [0.1, 0.15) is 11.6 Å². The first-order valence-corrected chi connectivity index (χ1v) is 4.27. The van der Waals surface area contributed by atoms with Crippen molar-refractivity contribution in [3.05, 3.63) is 41.5 Å². The Bertz CT molecular complexity index is 551. The second kappa shape index (κ2) is 3.80. The largest absolute Gasteiger partial charge is 0.336 e. The summed E-state index contributed by atoms with van der Waals surface area (Å²) >= 11 is 0. The quantitative estimate of drug-likeness (QED) is 0.630. The fourth-order valence-electron chi connectivity index (χ4n) is 1.24. The first-order valence-electron chi connectivity index (χ1n) is 4.27. The first kappa shape index (κ1) is 10.4. The van der Waals surface area contributed by atoms with Crippen molar-refractivity contribution >= 4 is 6.29 Å². The Morgan fingerprint density at radius 1 is 1.12 bits per heavy atom. The van der Waals surface area contributed by atoms with Gasteiger partial charge in [-0.15, -0.1) is 0 Å². The molecule has 2 rings (SSSR count). The highest BCUT2D eigenvalue weighted by Crippen LogP contribution is 2.22. The van der Waals surface area contributed by atoms with E-state index in [1.165, 1.54) is 6.20 Å². The second-order valence-electron chi connectivity index (χ2n) is 3.05. The van der Waals surface area contributed by atoms with Crippen molar-refractivity contribution in [2.45, 2.75) is 0 Å². The van der Waals surface area contributed by atoms with Crippen LogP contribution in [-0.2, 0) is 0 Å². The van der Waals surface area contributed by atoms with E-state index >= 15 is 0 Å². The molecular weight excluding hydrogens is 221 g/mol. The molecule has 0 aliphatic carbocycles. The lowest BCUT2D eigenvalue weighted by atomic mass is 10.2. The Balaban J connectivity index is 2.55. The maximum atomic E-state index is 13.3. The van der Waals surface area contributed by atoms with E-state index in [2.05, 4.69) is 9.97 Å². The molecule has 0 fully saturated rings. The van der Waals surface area contributed by atoms with Gasteiger partial charge in [0.15, 0.2) is 17.9 Å². The number of nitrogens with zero attached hydrogens (tertiary/aromatic N) is 1. The highest BCUT2D eigenvalue weighted by atomic mass is 19.2. The van der Waals surface area contributed by atoms with Crippen molar-refractivity contribution < 1.29 is 18.0 Å². The first-order chi connectivity index (χ1) is 7.61. The molecule has 0 aliphatic heterocycles. The molecule has 1 heterocycles. The monoisotopic (exact) mass is 226 g/mol. The lowest BCUT2D eigenvalue weighted by Crippen LogP contribution is -1.92. The molecule has 1 N–H and O–H groups in total. The second-order valence-corrected chi connectivity index (χ2v) is 3.05. The van der Waals surface area contributed by atoms with Crippen molar-refractivity contribution in [2.24, 2.45) is 0 Å². The molecular formula is C10H5F3N2O.